The molecule has 1 aromatic rings. The fraction of sp³-hybridized carbons (Fsp3) is 0.562. The Kier molecular flexibility index (Phi) is 3.61. The van der Waals surface area contributed by atoms with Crippen molar-refractivity contribution in [3.8, 4) is 6.07 Å². The Hall–Kier alpha value is -1.49. The molecule has 1 atom stereocenters. The first kappa shape index (κ1) is 13.0. The van der Waals surface area contributed by atoms with Crippen molar-refractivity contribution in [1.29, 1.82) is 5.26 Å². The Morgan fingerprint density at radius 3 is 2.61 bits per heavy atom. The van der Waals surface area contributed by atoms with Crippen molar-refractivity contribution in [3.05, 3.63) is 29.8 Å². The highest BCUT2D eigenvalue weighted by atomic mass is 15.2. The SMILES string of the molecule is Cc1ccc(N2CCCC(CC#N)C2(C)C)cc1. The fourth-order valence-electron chi connectivity index (χ4n) is 3.01. The summed E-state index contributed by atoms with van der Waals surface area (Å²) in [7, 11) is 0. The molecule has 1 saturated heterocycles. The maximum atomic E-state index is 8.98. The zero-order valence-corrected chi connectivity index (χ0v) is 11.6. The number of piperidine rings is 1. The van der Waals surface area contributed by atoms with Crippen molar-refractivity contribution in [2.24, 2.45) is 5.92 Å². The highest BCUT2D eigenvalue weighted by molar-refractivity contribution is 5.50. The van der Waals surface area contributed by atoms with Gasteiger partial charge in [-0.05, 0) is 51.7 Å². The van der Waals surface area contributed by atoms with Gasteiger partial charge in [0, 0.05) is 24.2 Å². The standard InChI is InChI=1S/C16H22N2/c1-13-6-8-15(9-7-13)18-12-4-5-14(10-11-17)16(18,2)3/h6-9,14H,4-5,10,12H2,1-3H3. The normalized spacial score (nSPS) is 22.6. The fourth-order valence-corrected chi connectivity index (χ4v) is 3.01. The van der Waals surface area contributed by atoms with Crippen molar-refractivity contribution in [1.82, 2.24) is 0 Å². The van der Waals surface area contributed by atoms with E-state index in [9.17, 15) is 0 Å². The minimum absolute atomic E-state index is 0.0727. The van der Waals surface area contributed by atoms with Gasteiger partial charge in [-0.3, -0.25) is 0 Å². The molecular weight excluding hydrogens is 220 g/mol. The Labute approximate surface area is 110 Å². The van der Waals surface area contributed by atoms with Gasteiger partial charge in [0.1, 0.15) is 0 Å². The van der Waals surface area contributed by atoms with Crippen LogP contribution in [0.25, 0.3) is 0 Å². The Morgan fingerprint density at radius 2 is 2.00 bits per heavy atom. The van der Waals surface area contributed by atoms with Gasteiger partial charge in [0.15, 0.2) is 0 Å². The maximum absolute atomic E-state index is 8.98. The van der Waals surface area contributed by atoms with Crippen LogP contribution in [0.1, 0.15) is 38.7 Å². The van der Waals surface area contributed by atoms with E-state index in [1.165, 1.54) is 24.1 Å². The number of anilines is 1. The molecule has 1 aromatic carbocycles. The Balaban J connectivity index is 2.26. The van der Waals surface area contributed by atoms with Gasteiger partial charge in [0.25, 0.3) is 0 Å². The number of hydrogen-bond donors (Lipinski definition) is 0. The van der Waals surface area contributed by atoms with Crippen molar-refractivity contribution in [3.63, 3.8) is 0 Å². The van der Waals surface area contributed by atoms with Crippen LogP contribution in [0.5, 0.6) is 0 Å². The van der Waals surface area contributed by atoms with E-state index in [1.54, 1.807) is 0 Å². The van der Waals surface area contributed by atoms with Crippen LogP contribution in [0.4, 0.5) is 5.69 Å². The smallest absolute Gasteiger partial charge is 0.0625 e. The van der Waals surface area contributed by atoms with E-state index in [0.29, 0.717) is 12.3 Å². The van der Waals surface area contributed by atoms with Crippen molar-refractivity contribution < 1.29 is 0 Å². The molecule has 1 aliphatic rings. The Morgan fingerprint density at radius 1 is 1.33 bits per heavy atom. The number of nitriles is 1. The van der Waals surface area contributed by atoms with Crippen LogP contribution in [0, 0.1) is 24.2 Å². The third kappa shape index (κ3) is 2.36. The first-order valence-corrected chi connectivity index (χ1v) is 6.77. The minimum Gasteiger partial charge on any atom is -0.366 e. The molecule has 96 valence electrons. The van der Waals surface area contributed by atoms with Gasteiger partial charge in [0.2, 0.25) is 0 Å². The lowest BCUT2D eigenvalue weighted by Gasteiger charge is -2.49. The van der Waals surface area contributed by atoms with Crippen molar-refractivity contribution in [2.45, 2.75) is 45.6 Å². The van der Waals surface area contributed by atoms with Crippen LogP contribution in [-0.2, 0) is 0 Å². The largest absolute Gasteiger partial charge is 0.366 e. The molecule has 0 N–H and O–H groups in total. The van der Waals surface area contributed by atoms with E-state index in [-0.39, 0.29) is 5.54 Å². The van der Waals surface area contributed by atoms with Crippen LogP contribution in [0.15, 0.2) is 24.3 Å². The summed E-state index contributed by atoms with van der Waals surface area (Å²) in [5, 5.41) is 8.98. The minimum atomic E-state index is 0.0727. The average molecular weight is 242 g/mol. The summed E-state index contributed by atoms with van der Waals surface area (Å²) in [5.74, 6) is 0.470. The second kappa shape index (κ2) is 5.02. The summed E-state index contributed by atoms with van der Waals surface area (Å²) in [6.45, 7) is 7.75. The molecule has 0 saturated carbocycles. The van der Waals surface area contributed by atoms with E-state index in [1.807, 2.05) is 0 Å². The molecule has 0 bridgehead atoms. The van der Waals surface area contributed by atoms with Crippen LogP contribution in [0.3, 0.4) is 0 Å². The summed E-state index contributed by atoms with van der Waals surface area (Å²) in [6.07, 6.45) is 3.02. The molecule has 0 amide bonds. The van der Waals surface area contributed by atoms with Crippen LogP contribution in [-0.4, -0.2) is 12.1 Å². The molecule has 18 heavy (non-hydrogen) atoms. The summed E-state index contributed by atoms with van der Waals surface area (Å²) in [4.78, 5) is 2.47. The van der Waals surface area contributed by atoms with E-state index < -0.39 is 0 Å². The first-order chi connectivity index (χ1) is 8.55. The van der Waals surface area contributed by atoms with E-state index in [0.717, 1.165) is 6.54 Å². The summed E-state index contributed by atoms with van der Waals surface area (Å²) < 4.78 is 0. The highest BCUT2D eigenvalue weighted by Crippen LogP contribution is 2.38. The molecule has 0 aromatic heterocycles. The zero-order chi connectivity index (χ0) is 13.2. The average Bonchev–Trinajstić information content (AvgIpc) is 2.33. The van der Waals surface area contributed by atoms with Gasteiger partial charge >= 0.3 is 0 Å². The van der Waals surface area contributed by atoms with Gasteiger partial charge in [0.05, 0.1) is 6.07 Å². The molecule has 0 radical (unpaired) electrons. The summed E-state index contributed by atoms with van der Waals surface area (Å²) in [5.41, 5.74) is 2.65. The number of hydrogen-bond acceptors (Lipinski definition) is 2. The predicted molar refractivity (Wildman–Crippen MR) is 75.6 cm³/mol. The lowest BCUT2D eigenvalue weighted by Crippen LogP contribution is -2.53. The highest BCUT2D eigenvalue weighted by Gasteiger charge is 2.38. The number of rotatable bonds is 2. The zero-order valence-electron chi connectivity index (χ0n) is 11.6. The van der Waals surface area contributed by atoms with Gasteiger partial charge in [-0.1, -0.05) is 17.7 Å². The molecule has 0 aliphatic carbocycles. The molecule has 1 fully saturated rings. The molecule has 2 rings (SSSR count). The number of nitrogens with zero attached hydrogens (tertiary/aromatic N) is 2. The predicted octanol–water partition coefficient (Wildman–Crippen LogP) is 3.90. The van der Waals surface area contributed by atoms with Crippen LogP contribution >= 0.6 is 0 Å². The number of benzene rings is 1. The molecule has 2 heteroatoms. The molecule has 2 nitrogen and oxygen atoms in total. The topological polar surface area (TPSA) is 27.0 Å². The summed E-state index contributed by atoms with van der Waals surface area (Å²) in [6, 6.07) is 11.1. The molecule has 1 aliphatic heterocycles. The molecule has 0 spiro atoms. The third-order valence-electron chi connectivity index (χ3n) is 4.31. The maximum Gasteiger partial charge on any atom is 0.0625 e. The van der Waals surface area contributed by atoms with Gasteiger partial charge in [-0.25, -0.2) is 0 Å². The van der Waals surface area contributed by atoms with Crippen LogP contribution in [0.2, 0.25) is 0 Å². The molecule has 1 heterocycles. The Bertz CT molecular complexity index is 439. The summed E-state index contributed by atoms with van der Waals surface area (Å²) >= 11 is 0. The quantitative estimate of drug-likeness (QED) is 0.786. The lowest BCUT2D eigenvalue weighted by atomic mass is 9.77. The van der Waals surface area contributed by atoms with Gasteiger partial charge in [-0.15, -0.1) is 0 Å². The lowest BCUT2D eigenvalue weighted by molar-refractivity contribution is 0.242. The first-order valence-electron chi connectivity index (χ1n) is 6.77. The van der Waals surface area contributed by atoms with Gasteiger partial charge < -0.3 is 4.90 Å². The van der Waals surface area contributed by atoms with Crippen molar-refractivity contribution >= 4 is 5.69 Å². The van der Waals surface area contributed by atoms with E-state index >= 15 is 0 Å². The van der Waals surface area contributed by atoms with Crippen LogP contribution < -0.4 is 4.90 Å². The monoisotopic (exact) mass is 242 g/mol. The second-order valence-corrected chi connectivity index (χ2v) is 5.84. The van der Waals surface area contributed by atoms with Gasteiger partial charge in [-0.2, -0.15) is 5.26 Å². The third-order valence-corrected chi connectivity index (χ3v) is 4.31. The van der Waals surface area contributed by atoms with Crippen molar-refractivity contribution in [2.75, 3.05) is 11.4 Å². The number of aryl methyl sites for hydroxylation is 1. The molecule has 1 unspecified atom stereocenters. The molecular formula is C16H22N2. The second-order valence-electron chi connectivity index (χ2n) is 5.84. The van der Waals surface area contributed by atoms with E-state index in [2.05, 4.69) is 56.0 Å². The van der Waals surface area contributed by atoms with E-state index in [4.69, 9.17) is 5.26 Å².